The lowest BCUT2D eigenvalue weighted by atomic mass is 10.0. The van der Waals surface area contributed by atoms with E-state index < -0.39 is 10.0 Å². The third-order valence-corrected chi connectivity index (χ3v) is 5.85. The highest BCUT2D eigenvalue weighted by molar-refractivity contribution is 7.89. The van der Waals surface area contributed by atoms with Gasteiger partial charge in [0.15, 0.2) is 5.58 Å². The van der Waals surface area contributed by atoms with Gasteiger partial charge in [0, 0.05) is 19.2 Å². The molecular formula is C13H16N2O3S2. The molecule has 0 saturated carbocycles. The van der Waals surface area contributed by atoms with Crippen LogP contribution in [0.1, 0.15) is 19.8 Å². The molecule has 1 aromatic carbocycles. The van der Waals surface area contributed by atoms with Gasteiger partial charge in [-0.1, -0.05) is 6.92 Å². The van der Waals surface area contributed by atoms with Gasteiger partial charge in [-0.05, 0) is 43.1 Å². The van der Waals surface area contributed by atoms with Crippen molar-refractivity contribution >= 4 is 33.3 Å². The topological polar surface area (TPSA) is 66.3 Å². The molecule has 0 atom stereocenters. The molecule has 1 saturated heterocycles. The van der Waals surface area contributed by atoms with E-state index in [-0.39, 0.29) is 9.73 Å². The van der Waals surface area contributed by atoms with Crippen molar-refractivity contribution in [3.8, 4) is 0 Å². The molecular weight excluding hydrogens is 296 g/mol. The van der Waals surface area contributed by atoms with Gasteiger partial charge in [0.25, 0.3) is 4.84 Å². The Balaban J connectivity index is 1.98. The van der Waals surface area contributed by atoms with Crippen molar-refractivity contribution in [1.29, 1.82) is 0 Å². The minimum atomic E-state index is -3.44. The van der Waals surface area contributed by atoms with Crippen molar-refractivity contribution in [2.75, 3.05) is 13.1 Å². The summed E-state index contributed by atoms with van der Waals surface area (Å²) in [6.45, 7) is 3.32. The number of hydrogen-bond donors (Lipinski definition) is 1. The van der Waals surface area contributed by atoms with Crippen LogP contribution in [0, 0.1) is 10.8 Å². The van der Waals surface area contributed by atoms with Gasteiger partial charge < -0.3 is 9.40 Å². The third kappa shape index (κ3) is 2.41. The highest BCUT2D eigenvalue weighted by Gasteiger charge is 2.28. The van der Waals surface area contributed by atoms with Gasteiger partial charge in [0.05, 0.1) is 10.4 Å². The zero-order chi connectivity index (χ0) is 14.3. The number of nitrogens with one attached hydrogen (secondary N) is 1. The zero-order valence-electron chi connectivity index (χ0n) is 11.1. The maximum atomic E-state index is 12.6. The van der Waals surface area contributed by atoms with Gasteiger partial charge in [-0.15, -0.1) is 0 Å². The van der Waals surface area contributed by atoms with E-state index in [1.807, 2.05) is 0 Å². The van der Waals surface area contributed by atoms with Crippen LogP contribution in [0.2, 0.25) is 0 Å². The first kappa shape index (κ1) is 13.8. The molecule has 0 amide bonds. The molecule has 1 fully saturated rings. The lowest BCUT2D eigenvalue weighted by Crippen LogP contribution is -2.37. The number of hydrogen-bond acceptors (Lipinski definition) is 4. The second-order valence-electron chi connectivity index (χ2n) is 5.26. The fraction of sp³-hybridized carbons (Fsp3) is 0.462. The Bertz CT molecular complexity index is 783. The molecule has 0 bridgehead atoms. The molecule has 1 aliphatic heterocycles. The lowest BCUT2D eigenvalue weighted by Gasteiger charge is -2.29. The van der Waals surface area contributed by atoms with E-state index >= 15 is 0 Å². The summed E-state index contributed by atoms with van der Waals surface area (Å²) in [5.41, 5.74) is 1.18. The van der Waals surface area contributed by atoms with Crippen LogP contribution in [0.25, 0.3) is 11.1 Å². The Hall–Kier alpha value is -1.18. The van der Waals surface area contributed by atoms with Crippen LogP contribution in [-0.2, 0) is 10.0 Å². The number of oxazole rings is 1. The van der Waals surface area contributed by atoms with Gasteiger partial charge in [0.2, 0.25) is 10.0 Å². The molecule has 1 aliphatic rings. The molecule has 1 N–H and O–H groups in total. The number of sulfonamides is 1. The van der Waals surface area contributed by atoms with Crippen LogP contribution < -0.4 is 0 Å². The Labute approximate surface area is 122 Å². The summed E-state index contributed by atoms with van der Waals surface area (Å²) < 4.78 is 32.0. The Kier molecular flexibility index (Phi) is 3.43. The zero-order valence-corrected chi connectivity index (χ0v) is 12.8. The molecule has 20 heavy (non-hydrogen) atoms. The minimum Gasteiger partial charge on any atom is -0.429 e. The Morgan fingerprint density at radius 3 is 2.75 bits per heavy atom. The van der Waals surface area contributed by atoms with E-state index in [1.165, 1.54) is 6.07 Å². The maximum Gasteiger partial charge on any atom is 0.266 e. The largest absolute Gasteiger partial charge is 0.429 e. The second kappa shape index (κ2) is 4.98. The van der Waals surface area contributed by atoms with E-state index in [2.05, 4.69) is 11.9 Å². The van der Waals surface area contributed by atoms with Gasteiger partial charge in [0.1, 0.15) is 0 Å². The summed E-state index contributed by atoms with van der Waals surface area (Å²) in [7, 11) is -3.44. The van der Waals surface area contributed by atoms with E-state index in [0.29, 0.717) is 30.1 Å². The Morgan fingerprint density at radius 1 is 1.35 bits per heavy atom. The smallest absolute Gasteiger partial charge is 0.266 e. The summed E-state index contributed by atoms with van der Waals surface area (Å²) >= 11 is 4.91. The van der Waals surface area contributed by atoms with Crippen LogP contribution in [0.4, 0.5) is 0 Å². The normalized spacial score (nSPS) is 18.6. The maximum absolute atomic E-state index is 12.6. The lowest BCUT2D eigenvalue weighted by molar-refractivity contribution is 0.288. The van der Waals surface area contributed by atoms with Crippen LogP contribution in [-0.4, -0.2) is 30.8 Å². The monoisotopic (exact) mass is 312 g/mol. The number of rotatable bonds is 2. The predicted molar refractivity (Wildman–Crippen MR) is 78.6 cm³/mol. The molecule has 2 aromatic rings. The number of H-pyrrole nitrogens is 1. The minimum absolute atomic E-state index is 0.251. The predicted octanol–water partition coefficient (Wildman–Crippen LogP) is 2.91. The molecule has 7 heteroatoms. The second-order valence-corrected chi connectivity index (χ2v) is 7.57. The Morgan fingerprint density at radius 2 is 2.05 bits per heavy atom. The van der Waals surface area contributed by atoms with Crippen molar-refractivity contribution in [3.05, 3.63) is 23.0 Å². The molecule has 0 spiro atoms. The molecule has 108 valence electrons. The van der Waals surface area contributed by atoms with Crippen molar-refractivity contribution in [2.24, 2.45) is 5.92 Å². The van der Waals surface area contributed by atoms with Crippen LogP contribution in [0.5, 0.6) is 0 Å². The summed E-state index contributed by atoms with van der Waals surface area (Å²) in [5.74, 6) is 0.589. The average molecular weight is 312 g/mol. The third-order valence-electron chi connectivity index (χ3n) is 3.77. The van der Waals surface area contributed by atoms with Crippen LogP contribution in [0.15, 0.2) is 27.5 Å². The first-order valence-electron chi connectivity index (χ1n) is 6.60. The van der Waals surface area contributed by atoms with E-state index in [9.17, 15) is 8.42 Å². The van der Waals surface area contributed by atoms with Gasteiger partial charge in [-0.25, -0.2) is 8.42 Å². The van der Waals surface area contributed by atoms with Crippen molar-refractivity contribution in [1.82, 2.24) is 9.29 Å². The van der Waals surface area contributed by atoms with Gasteiger partial charge >= 0.3 is 0 Å². The van der Waals surface area contributed by atoms with Crippen LogP contribution in [0.3, 0.4) is 0 Å². The van der Waals surface area contributed by atoms with Crippen molar-refractivity contribution < 1.29 is 12.8 Å². The summed E-state index contributed by atoms with van der Waals surface area (Å²) in [6.07, 6.45) is 1.82. The number of nitrogens with zero attached hydrogens (tertiary/aromatic N) is 1. The molecule has 1 aromatic heterocycles. The molecule has 2 heterocycles. The van der Waals surface area contributed by atoms with Crippen molar-refractivity contribution in [3.63, 3.8) is 0 Å². The highest BCUT2D eigenvalue weighted by Crippen LogP contribution is 2.25. The fourth-order valence-electron chi connectivity index (χ4n) is 2.46. The molecule has 5 nitrogen and oxygen atoms in total. The van der Waals surface area contributed by atoms with E-state index in [0.717, 1.165) is 12.8 Å². The van der Waals surface area contributed by atoms with Gasteiger partial charge in [-0.3, -0.25) is 0 Å². The summed E-state index contributed by atoms with van der Waals surface area (Å²) in [6, 6.07) is 4.82. The number of aromatic nitrogens is 1. The molecule has 0 radical (unpaired) electrons. The summed E-state index contributed by atoms with van der Waals surface area (Å²) in [5, 5.41) is 0. The number of benzene rings is 1. The quantitative estimate of drug-likeness (QED) is 0.866. The van der Waals surface area contributed by atoms with Gasteiger partial charge in [-0.2, -0.15) is 4.31 Å². The first-order valence-corrected chi connectivity index (χ1v) is 8.45. The average Bonchev–Trinajstić information content (AvgIpc) is 2.78. The molecule has 0 aliphatic carbocycles. The van der Waals surface area contributed by atoms with Crippen molar-refractivity contribution in [2.45, 2.75) is 24.7 Å². The summed E-state index contributed by atoms with van der Waals surface area (Å²) in [4.78, 5) is 3.37. The number of aromatic amines is 1. The van der Waals surface area contributed by atoms with E-state index in [1.54, 1.807) is 16.4 Å². The molecule has 0 unspecified atom stereocenters. The SMILES string of the molecule is CC1CCN(S(=O)(=O)c2ccc3[nH]c(=S)oc3c2)CC1. The highest BCUT2D eigenvalue weighted by atomic mass is 32.2. The number of piperidine rings is 1. The first-order chi connectivity index (χ1) is 9.46. The van der Waals surface area contributed by atoms with E-state index in [4.69, 9.17) is 16.6 Å². The molecule has 3 rings (SSSR count). The standard InChI is InChI=1S/C13H16N2O3S2/c1-9-4-6-15(7-5-9)20(16,17)10-2-3-11-12(8-10)18-13(19)14-11/h2-3,8-9H,4-7H2,1H3,(H,14,19). The fourth-order valence-corrected chi connectivity index (χ4v) is 4.15. The number of fused-ring (bicyclic) bond motifs is 1. The van der Waals surface area contributed by atoms with Crippen LogP contribution >= 0.6 is 12.2 Å².